The molecule has 0 aromatic carbocycles. The Morgan fingerprint density at radius 3 is 2.00 bits per heavy atom. The fraction of sp³-hybridized carbons (Fsp3) is 0. The van der Waals surface area contributed by atoms with Crippen LogP contribution in [-0.4, -0.2) is 20.7 Å². The molecular formula is CH3N2Se-. The van der Waals surface area contributed by atoms with Crippen LogP contribution < -0.4 is 5.73 Å². The number of nitrogens with two attached hydrogens (primary N) is 1. The fourth-order valence-corrected chi connectivity index (χ4v) is 0. The van der Waals surface area contributed by atoms with Crippen LogP contribution >= 0.6 is 0 Å². The average molecular weight is 122 g/mol. The molecule has 2 nitrogen and oxygen atoms in total. The Morgan fingerprint density at radius 2 is 2.00 bits per heavy atom. The van der Waals surface area contributed by atoms with Crippen molar-refractivity contribution in [1.29, 1.82) is 5.41 Å². The van der Waals surface area contributed by atoms with Crippen molar-refractivity contribution in [1.82, 2.24) is 0 Å². The molecule has 0 saturated carbocycles. The summed E-state index contributed by atoms with van der Waals surface area (Å²) in [6, 6.07) is 0. The van der Waals surface area contributed by atoms with Crippen LogP contribution in [0, 0.1) is 5.41 Å². The summed E-state index contributed by atoms with van der Waals surface area (Å²) in [4.78, 5) is 0. The normalized spacial score (nSPS) is 6.00. The standard InChI is InChI=1S/CH4N2Se/c2-1(3)4/h(H4,2,3,4)/p-1. The first-order valence-electron chi connectivity index (χ1n) is 0.743. The second kappa shape index (κ2) is 1.32. The summed E-state index contributed by atoms with van der Waals surface area (Å²) in [5.41, 5.74) is 4.64. The van der Waals surface area contributed by atoms with E-state index in [-0.39, 0.29) is 4.73 Å². The van der Waals surface area contributed by atoms with E-state index in [2.05, 4.69) is 21.7 Å². The van der Waals surface area contributed by atoms with Crippen LogP contribution in [0.5, 0.6) is 0 Å². The van der Waals surface area contributed by atoms with Gasteiger partial charge in [0.2, 0.25) is 0 Å². The second-order valence-electron chi connectivity index (χ2n) is 0.364. The van der Waals surface area contributed by atoms with Gasteiger partial charge in [-0.05, 0) is 0 Å². The molecule has 0 rings (SSSR count). The number of hydrogen-bond acceptors (Lipinski definition) is 1. The van der Waals surface area contributed by atoms with Gasteiger partial charge in [0.1, 0.15) is 0 Å². The maximum atomic E-state index is 6.22. The van der Waals surface area contributed by atoms with Gasteiger partial charge in [0.25, 0.3) is 0 Å². The molecule has 24 valence electrons. The third kappa shape index (κ3) is 17600. The Hall–Kier alpha value is -0.0105. The Labute approximate surface area is 32.7 Å². The van der Waals surface area contributed by atoms with Crippen molar-refractivity contribution in [2.45, 2.75) is 0 Å². The first kappa shape index (κ1) is 3.99. The predicted octanol–water partition coefficient (Wildman–Crippen LogP) is -0.952. The molecular weight excluding hydrogens is 119 g/mol. The monoisotopic (exact) mass is 123 g/mol. The van der Waals surface area contributed by atoms with Gasteiger partial charge in [-0.2, -0.15) is 0 Å². The van der Waals surface area contributed by atoms with E-state index in [1.807, 2.05) is 0 Å². The molecule has 0 heterocycles. The van der Waals surface area contributed by atoms with Crippen LogP contribution in [0.2, 0.25) is 0 Å². The summed E-state index contributed by atoms with van der Waals surface area (Å²) in [7, 11) is 0. The molecule has 0 unspecified atom stereocenters. The zero-order valence-electron chi connectivity index (χ0n) is 1.99. The zero-order chi connectivity index (χ0) is 3.58. The molecule has 0 atom stereocenters. The molecule has 0 radical (unpaired) electrons. The Morgan fingerprint density at radius 1 is 2.00 bits per heavy atom. The van der Waals surface area contributed by atoms with Crippen LogP contribution in [0.4, 0.5) is 0 Å². The third-order valence-corrected chi connectivity index (χ3v) is 0. The van der Waals surface area contributed by atoms with E-state index in [0.29, 0.717) is 0 Å². The van der Waals surface area contributed by atoms with Gasteiger partial charge in [-0.3, -0.25) is 0 Å². The molecule has 0 spiro atoms. The van der Waals surface area contributed by atoms with Crippen LogP contribution in [-0.2, 0) is 0 Å². The van der Waals surface area contributed by atoms with Crippen molar-refractivity contribution in [2.24, 2.45) is 5.73 Å². The first-order chi connectivity index (χ1) is 1.73. The van der Waals surface area contributed by atoms with E-state index in [1.165, 1.54) is 0 Å². The van der Waals surface area contributed by atoms with Gasteiger partial charge < -0.3 is 0 Å². The number of hydrogen-bond donors (Lipinski definition) is 2. The van der Waals surface area contributed by atoms with E-state index in [1.54, 1.807) is 0 Å². The van der Waals surface area contributed by atoms with E-state index >= 15 is 0 Å². The van der Waals surface area contributed by atoms with Gasteiger partial charge in [-0.15, -0.1) is 0 Å². The number of amidine groups is 1. The molecule has 0 aliphatic heterocycles. The van der Waals surface area contributed by atoms with Crippen LogP contribution in [0.25, 0.3) is 0 Å². The summed E-state index contributed by atoms with van der Waals surface area (Å²) in [5.74, 6) is 0. The molecule has 3 N–H and O–H groups in total. The van der Waals surface area contributed by atoms with E-state index in [0.717, 1.165) is 0 Å². The van der Waals surface area contributed by atoms with Gasteiger partial charge in [0.05, 0.1) is 0 Å². The van der Waals surface area contributed by atoms with Crippen molar-refractivity contribution in [3.63, 3.8) is 0 Å². The molecule has 0 aromatic rings. The molecule has 0 bridgehead atoms. The quantitative estimate of drug-likeness (QED) is 0.243. The van der Waals surface area contributed by atoms with Crippen LogP contribution in [0.3, 0.4) is 0 Å². The average Bonchev–Trinajstić information content (AvgIpc) is 0.811. The van der Waals surface area contributed by atoms with Gasteiger partial charge in [-0.25, -0.2) is 0 Å². The summed E-state index contributed by atoms with van der Waals surface area (Å²) in [6.07, 6.45) is 0. The fourth-order valence-electron chi connectivity index (χ4n) is 0. The molecule has 0 saturated heterocycles. The SMILES string of the molecule is N=C(N)[Se-]. The van der Waals surface area contributed by atoms with E-state index < -0.39 is 0 Å². The molecule has 0 aliphatic carbocycles. The predicted molar refractivity (Wildman–Crippen MR) is 17.7 cm³/mol. The maximum absolute atomic E-state index is 6.22. The topological polar surface area (TPSA) is 49.9 Å². The Kier molecular flexibility index (Phi) is 1.32. The van der Waals surface area contributed by atoms with Gasteiger partial charge in [-0.1, -0.05) is 0 Å². The van der Waals surface area contributed by atoms with Crippen molar-refractivity contribution < 1.29 is 0 Å². The third-order valence-electron chi connectivity index (χ3n) is 0. The van der Waals surface area contributed by atoms with Gasteiger partial charge in [0, 0.05) is 0 Å². The zero-order valence-corrected chi connectivity index (χ0v) is 3.70. The molecule has 0 aromatic heterocycles. The minimum atomic E-state index is 0.0417. The first-order valence-corrected chi connectivity index (χ1v) is 1.60. The van der Waals surface area contributed by atoms with Gasteiger partial charge in [0.15, 0.2) is 0 Å². The van der Waals surface area contributed by atoms with E-state index in [9.17, 15) is 0 Å². The minimum absolute atomic E-state index is 0.0417. The van der Waals surface area contributed by atoms with Crippen molar-refractivity contribution in [2.75, 3.05) is 0 Å². The second-order valence-corrected chi connectivity index (χ2v) is 1.29. The summed E-state index contributed by atoms with van der Waals surface area (Å²) in [6.45, 7) is 0. The summed E-state index contributed by atoms with van der Waals surface area (Å²) < 4.78 is 0.0417. The molecule has 0 amide bonds. The van der Waals surface area contributed by atoms with Crippen molar-refractivity contribution >= 4 is 20.7 Å². The Bertz CT molecular complexity index is 29.0. The van der Waals surface area contributed by atoms with E-state index in [4.69, 9.17) is 5.41 Å². The summed E-state index contributed by atoms with van der Waals surface area (Å²) in [5, 5.41) is 6.22. The molecule has 0 fully saturated rings. The molecule has 0 aliphatic rings. The van der Waals surface area contributed by atoms with Crippen LogP contribution in [0.15, 0.2) is 0 Å². The van der Waals surface area contributed by atoms with Crippen LogP contribution in [0.1, 0.15) is 0 Å². The Balaban J connectivity index is 2.80. The summed E-state index contributed by atoms with van der Waals surface area (Å²) >= 11 is 2.26. The molecule has 4 heavy (non-hydrogen) atoms. The number of nitrogens with one attached hydrogen (secondary N) is 1. The van der Waals surface area contributed by atoms with Crippen molar-refractivity contribution in [3.8, 4) is 0 Å². The van der Waals surface area contributed by atoms with Gasteiger partial charge >= 0.3 is 31.9 Å². The van der Waals surface area contributed by atoms with Crippen molar-refractivity contribution in [3.05, 3.63) is 0 Å². The number of rotatable bonds is 0. The molecule has 3 heteroatoms.